The highest BCUT2D eigenvalue weighted by molar-refractivity contribution is 5.90. The van der Waals surface area contributed by atoms with E-state index >= 15 is 0 Å². The van der Waals surface area contributed by atoms with E-state index in [4.69, 9.17) is 0 Å². The minimum absolute atomic E-state index is 0.00239. The molecule has 0 heterocycles. The molecule has 0 saturated carbocycles. The molecule has 0 atom stereocenters. The van der Waals surface area contributed by atoms with Gasteiger partial charge in [-0.05, 0) is 6.92 Å². The van der Waals surface area contributed by atoms with E-state index in [1.165, 1.54) is 6.92 Å². The summed E-state index contributed by atoms with van der Waals surface area (Å²) >= 11 is 0. The second-order valence-electron chi connectivity index (χ2n) is 2.67. The summed E-state index contributed by atoms with van der Waals surface area (Å²) in [6, 6.07) is 0. The number of methoxy groups -OCH3 is 1. The number of carbonyl (C=O) groups is 1. The molecular weight excluding hydrogens is 218 g/mol. The Labute approximate surface area is 84.3 Å². The third kappa shape index (κ3) is 3.41. The number of ether oxygens (including phenoxy) is 1. The third-order valence-electron chi connectivity index (χ3n) is 1.69. The van der Waals surface area contributed by atoms with Crippen molar-refractivity contribution < 1.29 is 27.1 Å². The van der Waals surface area contributed by atoms with Gasteiger partial charge in [0.1, 0.15) is 0 Å². The Bertz CT molecular complexity index is 272. The Kier molecular flexibility index (Phi) is 4.57. The highest BCUT2D eigenvalue weighted by atomic mass is 19.4. The van der Waals surface area contributed by atoms with Gasteiger partial charge in [0.05, 0.1) is 7.11 Å². The summed E-state index contributed by atoms with van der Waals surface area (Å²) in [6.07, 6.45) is -5.07. The van der Waals surface area contributed by atoms with Gasteiger partial charge in [-0.25, -0.2) is 4.79 Å². The van der Waals surface area contributed by atoms with Crippen molar-refractivity contribution in [2.45, 2.75) is 13.1 Å². The predicted molar refractivity (Wildman–Crippen MR) is 44.5 cm³/mol. The Balaban J connectivity index is 5.36. The van der Waals surface area contributed by atoms with Crippen molar-refractivity contribution in [3.05, 3.63) is 11.5 Å². The molecule has 0 radical (unpaired) electrons. The molecule has 88 valence electrons. The molecule has 0 aromatic carbocycles. The maximum atomic E-state index is 13.2. The van der Waals surface area contributed by atoms with Crippen LogP contribution < -0.4 is 0 Å². The molecule has 0 aliphatic heterocycles. The number of nitrogens with zero attached hydrogens (tertiary/aromatic N) is 1. The van der Waals surface area contributed by atoms with Crippen molar-refractivity contribution in [3.63, 3.8) is 0 Å². The van der Waals surface area contributed by atoms with Crippen molar-refractivity contribution in [1.29, 1.82) is 0 Å². The van der Waals surface area contributed by atoms with Gasteiger partial charge < -0.3 is 9.64 Å². The number of rotatable bonds is 3. The van der Waals surface area contributed by atoms with E-state index in [1.54, 1.807) is 0 Å². The van der Waals surface area contributed by atoms with Crippen LogP contribution in [0.1, 0.15) is 6.92 Å². The second-order valence-corrected chi connectivity index (χ2v) is 2.67. The maximum Gasteiger partial charge on any atom is 0.427 e. The Morgan fingerprint density at radius 1 is 1.40 bits per heavy atom. The summed E-state index contributed by atoms with van der Waals surface area (Å²) in [4.78, 5) is 11.4. The zero-order valence-corrected chi connectivity index (χ0v) is 8.48. The van der Waals surface area contributed by atoms with Gasteiger partial charge in [0.2, 0.25) is 5.95 Å². The number of halogens is 4. The molecule has 0 bridgehead atoms. The van der Waals surface area contributed by atoms with Crippen LogP contribution in [-0.4, -0.2) is 37.7 Å². The first-order valence-corrected chi connectivity index (χ1v) is 4.02. The lowest BCUT2D eigenvalue weighted by Gasteiger charge is -2.18. The average Bonchev–Trinajstić information content (AvgIpc) is 2.14. The SMILES string of the molecule is CCN(C)/C(F)=C(\C(=O)OC)C(F)(F)F. The van der Waals surface area contributed by atoms with Crippen LogP contribution in [0.25, 0.3) is 0 Å². The number of hydrogen-bond acceptors (Lipinski definition) is 3. The number of hydrogen-bond donors (Lipinski definition) is 0. The number of esters is 1. The fourth-order valence-corrected chi connectivity index (χ4v) is 0.749. The van der Waals surface area contributed by atoms with Gasteiger partial charge in [0, 0.05) is 13.6 Å². The largest absolute Gasteiger partial charge is 0.465 e. The summed E-state index contributed by atoms with van der Waals surface area (Å²) in [5, 5.41) is 0. The van der Waals surface area contributed by atoms with Crippen molar-refractivity contribution >= 4 is 5.97 Å². The normalized spacial score (nSPS) is 13.3. The van der Waals surface area contributed by atoms with Crippen LogP contribution in [0.15, 0.2) is 11.5 Å². The second kappa shape index (κ2) is 4.99. The van der Waals surface area contributed by atoms with Crippen LogP contribution in [0.3, 0.4) is 0 Å². The molecule has 7 heteroatoms. The van der Waals surface area contributed by atoms with Gasteiger partial charge in [0.15, 0.2) is 5.57 Å². The highest BCUT2D eigenvalue weighted by Crippen LogP contribution is 2.30. The molecule has 0 amide bonds. The molecule has 0 aliphatic rings. The van der Waals surface area contributed by atoms with E-state index in [0.29, 0.717) is 4.90 Å². The van der Waals surface area contributed by atoms with Crippen molar-refractivity contribution in [3.8, 4) is 0 Å². The quantitative estimate of drug-likeness (QED) is 0.320. The number of carbonyl (C=O) groups excluding carboxylic acids is 1. The first-order chi connectivity index (χ1) is 6.75. The molecule has 3 nitrogen and oxygen atoms in total. The molecule has 0 N–H and O–H groups in total. The molecule has 0 saturated heterocycles. The Morgan fingerprint density at radius 3 is 2.13 bits per heavy atom. The van der Waals surface area contributed by atoms with Gasteiger partial charge in [-0.2, -0.15) is 17.6 Å². The van der Waals surface area contributed by atoms with E-state index in [0.717, 1.165) is 14.2 Å². The van der Waals surface area contributed by atoms with E-state index in [-0.39, 0.29) is 6.54 Å². The third-order valence-corrected chi connectivity index (χ3v) is 1.69. The van der Waals surface area contributed by atoms with Gasteiger partial charge in [-0.3, -0.25) is 0 Å². The van der Waals surface area contributed by atoms with Crippen LogP contribution in [0.4, 0.5) is 17.6 Å². The molecule has 0 spiro atoms. The zero-order valence-electron chi connectivity index (χ0n) is 8.48. The lowest BCUT2D eigenvalue weighted by atomic mass is 10.2. The van der Waals surface area contributed by atoms with Gasteiger partial charge in [-0.1, -0.05) is 0 Å². The molecule has 15 heavy (non-hydrogen) atoms. The van der Waals surface area contributed by atoms with Crippen LogP contribution in [-0.2, 0) is 9.53 Å². The topological polar surface area (TPSA) is 29.5 Å². The molecular formula is C8H11F4NO2. The summed E-state index contributed by atoms with van der Waals surface area (Å²) in [6.45, 7) is 1.45. The zero-order chi connectivity index (χ0) is 12.2. The summed E-state index contributed by atoms with van der Waals surface area (Å²) in [5.41, 5.74) is -1.92. The standard InChI is InChI=1S/C8H11F4NO2/c1-4-13(2)6(9)5(7(14)15-3)8(10,11)12/h4H2,1-3H3/b6-5+. The van der Waals surface area contributed by atoms with Gasteiger partial charge >= 0.3 is 12.1 Å². The monoisotopic (exact) mass is 229 g/mol. The minimum atomic E-state index is -5.07. The van der Waals surface area contributed by atoms with Gasteiger partial charge in [-0.15, -0.1) is 0 Å². The molecule has 0 aromatic rings. The van der Waals surface area contributed by atoms with E-state index in [1.807, 2.05) is 0 Å². The fraction of sp³-hybridized carbons (Fsp3) is 0.625. The fourth-order valence-electron chi connectivity index (χ4n) is 0.749. The predicted octanol–water partition coefficient (Wildman–Crippen LogP) is 1.85. The lowest BCUT2D eigenvalue weighted by Crippen LogP contribution is -2.28. The van der Waals surface area contributed by atoms with E-state index in [9.17, 15) is 22.4 Å². The van der Waals surface area contributed by atoms with Crippen LogP contribution in [0, 0.1) is 0 Å². The van der Waals surface area contributed by atoms with Gasteiger partial charge in [0.25, 0.3) is 0 Å². The van der Waals surface area contributed by atoms with E-state index in [2.05, 4.69) is 4.74 Å². The lowest BCUT2D eigenvalue weighted by molar-refractivity contribution is -0.149. The first-order valence-electron chi connectivity index (χ1n) is 4.02. The number of alkyl halides is 3. The maximum absolute atomic E-state index is 13.2. The van der Waals surface area contributed by atoms with Crippen molar-refractivity contribution in [2.24, 2.45) is 0 Å². The average molecular weight is 229 g/mol. The molecule has 0 rings (SSSR count). The van der Waals surface area contributed by atoms with Crippen LogP contribution in [0.2, 0.25) is 0 Å². The summed E-state index contributed by atoms with van der Waals surface area (Å²) in [5.74, 6) is -3.38. The smallest absolute Gasteiger partial charge is 0.427 e. The Morgan fingerprint density at radius 2 is 1.87 bits per heavy atom. The first kappa shape index (κ1) is 13.7. The minimum Gasteiger partial charge on any atom is -0.465 e. The highest BCUT2D eigenvalue weighted by Gasteiger charge is 2.44. The molecule has 0 aliphatic carbocycles. The Hall–Kier alpha value is -1.27. The summed E-state index contributed by atoms with van der Waals surface area (Å²) < 4.78 is 53.9. The van der Waals surface area contributed by atoms with Crippen molar-refractivity contribution in [1.82, 2.24) is 4.90 Å². The van der Waals surface area contributed by atoms with E-state index < -0.39 is 23.7 Å². The summed E-state index contributed by atoms with van der Waals surface area (Å²) in [7, 11) is 1.86. The molecule has 0 aromatic heterocycles. The van der Waals surface area contributed by atoms with Crippen molar-refractivity contribution in [2.75, 3.05) is 20.7 Å². The molecule has 0 unspecified atom stereocenters. The van der Waals surface area contributed by atoms with Crippen LogP contribution in [0.5, 0.6) is 0 Å². The molecule has 0 fully saturated rings. The van der Waals surface area contributed by atoms with Crippen LogP contribution >= 0.6 is 0 Å².